The molecule has 2 aliphatic heterocycles. The monoisotopic (exact) mass is 471 g/mol. The second kappa shape index (κ2) is 9.61. The number of carbonyl (C=O) groups is 1. The van der Waals surface area contributed by atoms with Crippen molar-refractivity contribution < 1.29 is 9.42 Å². The van der Waals surface area contributed by atoms with Crippen LogP contribution in [0.15, 0.2) is 47.2 Å². The lowest BCUT2D eigenvalue weighted by Gasteiger charge is -2.31. The summed E-state index contributed by atoms with van der Waals surface area (Å²) in [4.78, 5) is 19.6. The summed E-state index contributed by atoms with van der Waals surface area (Å²) in [6.07, 6.45) is 11.0. The molecule has 0 spiro atoms. The molecule has 0 bridgehead atoms. The van der Waals surface area contributed by atoms with Crippen LogP contribution in [0.25, 0.3) is 23.7 Å². The van der Waals surface area contributed by atoms with E-state index in [9.17, 15) is 4.79 Å². The quantitative estimate of drug-likeness (QED) is 0.583. The fraction of sp³-hybridized carbons (Fsp3) is 0.308. The van der Waals surface area contributed by atoms with E-state index in [-0.39, 0.29) is 17.5 Å². The number of hydrogen-bond donors (Lipinski definition) is 2. The van der Waals surface area contributed by atoms with Crippen LogP contribution in [0.4, 0.5) is 0 Å². The van der Waals surface area contributed by atoms with Crippen molar-refractivity contribution >= 4 is 29.6 Å². The Morgan fingerprint density at radius 1 is 1.23 bits per heavy atom. The fourth-order valence-electron chi connectivity index (χ4n) is 4.78. The van der Waals surface area contributed by atoms with Crippen molar-refractivity contribution in [3.05, 3.63) is 76.6 Å². The first-order valence-electron chi connectivity index (χ1n) is 11.9. The second-order valence-electron chi connectivity index (χ2n) is 8.73. The Bertz CT molecular complexity index is 1310. The highest BCUT2D eigenvalue weighted by Crippen LogP contribution is 2.34. The minimum absolute atomic E-state index is 0.156. The van der Waals surface area contributed by atoms with E-state index in [0.29, 0.717) is 18.8 Å². The maximum atomic E-state index is 12.7. The van der Waals surface area contributed by atoms with Crippen LogP contribution >= 0.6 is 0 Å². The van der Waals surface area contributed by atoms with Crippen molar-refractivity contribution in [2.24, 2.45) is 5.73 Å². The van der Waals surface area contributed by atoms with Crippen molar-refractivity contribution in [3.63, 3.8) is 0 Å². The summed E-state index contributed by atoms with van der Waals surface area (Å²) in [6.45, 7) is 5.88. The molecule has 1 fully saturated rings. The van der Waals surface area contributed by atoms with E-state index < -0.39 is 0 Å². The third-order valence-electron chi connectivity index (χ3n) is 6.63. The summed E-state index contributed by atoms with van der Waals surface area (Å²) in [5.74, 6) is 0.977. The van der Waals surface area contributed by atoms with Gasteiger partial charge in [-0.05, 0) is 49.0 Å². The summed E-state index contributed by atoms with van der Waals surface area (Å²) >= 11 is 0. The van der Waals surface area contributed by atoms with Gasteiger partial charge in [-0.1, -0.05) is 41.6 Å². The Hall–Kier alpha value is -4.14. The van der Waals surface area contributed by atoms with Gasteiger partial charge in [0.15, 0.2) is 5.69 Å². The Balaban J connectivity index is 1.50. The summed E-state index contributed by atoms with van der Waals surface area (Å²) < 4.78 is 6.70. The fourth-order valence-corrected chi connectivity index (χ4v) is 4.78. The smallest absolute Gasteiger partial charge is 0.277 e. The summed E-state index contributed by atoms with van der Waals surface area (Å²) in [5, 5.41) is 10.8. The number of fused-ring (bicyclic) bond motifs is 1. The van der Waals surface area contributed by atoms with Gasteiger partial charge in [-0.15, -0.1) is 0 Å². The van der Waals surface area contributed by atoms with Gasteiger partial charge >= 0.3 is 0 Å². The lowest BCUT2D eigenvalue weighted by Crippen LogP contribution is -2.38. The van der Waals surface area contributed by atoms with Crippen LogP contribution in [-0.2, 0) is 6.54 Å². The molecule has 5 rings (SSSR count). The highest BCUT2D eigenvalue weighted by atomic mass is 16.6. The molecule has 180 valence electrons. The molecular weight excluding hydrogens is 442 g/mol. The van der Waals surface area contributed by atoms with Crippen molar-refractivity contribution in [2.45, 2.75) is 39.2 Å². The van der Waals surface area contributed by atoms with Gasteiger partial charge < -0.3 is 20.5 Å². The molecule has 0 atom stereocenters. The predicted octanol–water partition coefficient (Wildman–Crippen LogP) is 3.70. The number of nitrogens with one attached hydrogen (secondary N) is 1. The SMILES string of the molecule is C/C=C\n1c(C2CCN(C(=O)c3cnon3)CC2)nc(C2=Cc3ccccc3CN2)c1/C(N)=C\C. The van der Waals surface area contributed by atoms with Gasteiger partial charge in [0.05, 0.1) is 17.1 Å². The molecule has 2 aromatic heterocycles. The number of allylic oxidation sites excluding steroid dienone is 2. The van der Waals surface area contributed by atoms with Crippen LogP contribution in [0.5, 0.6) is 0 Å². The molecular formula is C26H29N7O2. The number of nitrogens with zero attached hydrogens (tertiary/aromatic N) is 5. The number of imidazole rings is 1. The average Bonchev–Trinajstić information content (AvgIpc) is 3.57. The van der Waals surface area contributed by atoms with E-state index in [1.54, 1.807) is 4.90 Å². The lowest BCUT2D eigenvalue weighted by molar-refractivity contribution is 0.0699. The van der Waals surface area contributed by atoms with Gasteiger partial charge in [0.1, 0.15) is 17.7 Å². The standard InChI is InChI=1S/C26H29N7O2/c1-3-11-33-24(20(27)4-2)23(21-14-18-7-5-6-8-19(18)15-28-21)30-25(33)17-9-12-32(13-10-17)26(34)22-16-29-35-31-22/h3-8,11,14,16-17,28H,9-10,12-13,15,27H2,1-2H3/b11-3-,20-4+. The highest BCUT2D eigenvalue weighted by Gasteiger charge is 2.31. The first kappa shape index (κ1) is 22.6. The zero-order chi connectivity index (χ0) is 24.4. The Morgan fingerprint density at radius 2 is 2.03 bits per heavy atom. The molecule has 0 radical (unpaired) electrons. The van der Waals surface area contributed by atoms with Crippen LogP contribution in [0, 0.1) is 0 Å². The molecule has 1 saturated heterocycles. The Kier molecular flexibility index (Phi) is 6.22. The van der Waals surface area contributed by atoms with Crippen LogP contribution in [0.2, 0.25) is 0 Å². The van der Waals surface area contributed by atoms with Crippen LogP contribution in [0.3, 0.4) is 0 Å². The Morgan fingerprint density at radius 3 is 2.74 bits per heavy atom. The first-order chi connectivity index (χ1) is 17.1. The van der Waals surface area contributed by atoms with Gasteiger partial charge in [-0.3, -0.25) is 4.79 Å². The number of hydrogen-bond acceptors (Lipinski definition) is 7. The van der Waals surface area contributed by atoms with Crippen molar-refractivity contribution in [1.82, 2.24) is 30.1 Å². The number of piperidine rings is 1. The highest BCUT2D eigenvalue weighted by molar-refractivity contribution is 5.92. The van der Waals surface area contributed by atoms with E-state index in [1.807, 2.05) is 38.3 Å². The van der Waals surface area contributed by atoms with Gasteiger partial charge in [0.25, 0.3) is 5.91 Å². The zero-order valence-electron chi connectivity index (χ0n) is 19.9. The molecule has 35 heavy (non-hydrogen) atoms. The molecule has 0 aliphatic carbocycles. The number of likely N-dealkylation sites (tertiary alicyclic amines) is 1. The topological polar surface area (TPSA) is 115 Å². The molecule has 0 saturated carbocycles. The van der Waals surface area contributed by atoms with E-state index >= 15 is 0 Å². The molecule has 3 N–H and O–H groups in total. The normalized spacial score (nSPS) is 16.8. The number of aromatic nitrogens is 4. The van der Waals surface area contributed by atoms with Crippen LogP contribution < -0.4 is 11.1 Å². The lowest BCUT2D eigenvalue weighted by atomic mass is 9.95. The third-order valence-corrected chi connectivity index (χ3v) is 6.63. The van der Waals surface area contributed by atoms with E-state index in [4.69, 9.17) is 10.7 Å². The molecule has 1 amide bonds. The molecule has 0 unspecified atom stereocenters. The maximum absolute atomic E-state index is 12.7. The van der Waals surface area contributed by atoms with E-state index in [0.717, 1.165) is 42.3 Å². The molecule has 3 aromatic rings. The maximum Gasteiger partial charge on any atom is 0.277 e. The molecule has 4 heterocycles. The van der Waals surface area contributed by atoms with Crippen molar-refractivity contribution in [1.29, 1.82) is 0 Å². The number of nitrogens with two attached hydrogens (primary N) is 1. The summed E-state index contributed by atoms with van der Waals surface area (Å²) in [7, 11) is 0. The van der Waals surface area contributed by atoms with E-state index in [1.165, 1.54) is 17.3 Å². The average molecular weight is 472 g/mol. The Labute approximate surface area is 204 Å². The van der Waals surface area contributed by atoms with Crippen molar-refractivity contribution in [3.8, 4) is 0 Å². The van der Waals surface area contributed by atoms with Crippen LogP contribution in [0.1, 0.15) is 71.4 Å². The molecule has 9 heteroatoms. The molecule has 2 aliphatic rings. The van der Waals surface area contributed by atoms with Gasteiger partial charge in [0, 0.05) is 31.8 Å². The number of rotatable bonds is 5. The summed E-state index contributed by atoms with van der Waals surface area (Å²) in [5.41, 5.74) is 12.5. The van der Waals surface area contributed by atoms with Gasteiger partial charge in [0.2, 0.25) is 0 Å². The van der Waals surface area contributed by atoms with Crippen LogP contribution in [-0.4, -0.2) is 43.8 Å². The largest absolute Gasteiger partial charge is 0.397 e. The van der Waals surface area contributed by atoms with Crippen molar-refractivity contribution in [2.75, 3.05) is 13.1 Å². The summed E-state index contributed by atoms with van der Waals surface area (Å²) in [6, 6.07) is 8.35. The zero-order valence-corrected chi connectivity index (χ0v) is 19.9. The van der Waals surface area contributed by atoms with Gasteiger partial charge in [-0.2, -0.15) is 0 Å². The first-order valence-corrected chi connectivity index (χ1v) is 11.9. The third kappa shape index (κ3) is 4.25. The number of carbonyl (C=O) groups excluding carboxylic acids is 1. The minimum Gasteiger partial charge on any atom is -0.397 e. The molecule has 1 aromatic carbocycles. The van der Waals surface area contributed by atoms with E-state index in [2.05, 4.69) is 49.1 Å². The second-order valence-corrected chi connectivity index (χ2v) is 8.73. The molecule has 9 nitrogen and oxygen atoms in total. The number of benzene rings is 1. The van der Waals surface area contributed by atoms with Gasteiger partial charge in [-0.25, -0.2) is 9.61 Å². The predicted molar refractivity (Wildman–Crippen MR) is 134 cm³/mol. The minimum atomic E-state index is -0.156. The number of amides is 1.